The van der Waals surface area contributed by atoms with Crippen molar-refractivity contribution in [3.63, 3.8) is 0 Å². The molecule has 0 aliphatic rings. The summed E-state index contributed by atoms with van der Waals surface area (Å²) in [4.78, 5) is 16.9. The summed E-state index contributed by atoms with van der Waals surface area (Å²) in [6.07, 6.45) is -4.64. The smallest absolute Gasteiger partial charge is 0.266 e. The van der Waals surface area contributed by atoms with Gasteiger partial charge < -0.3 is 0 Å². The van der Waals surface area contributed by atoms with Crippen molar-refractivity contribution in [3.05, 3.63) is 101 Å². The zero-order chi connectivity index (χ0) is 25.3. The number of carbonyl (C=O) groups is 1. The molecule has 0 saturated carbocycles. The third kappa shape index (κ3) is 4.76. The van der Waals surface area contributed by atoms with Crippen molar-refractivity contribution in [2.24, 2.45) is 5.10 Å². The van der Waals surface area contributed by atoms with Crippen LogP contribution in [0.25, 0.3) is 27.2 Å². The van der Waals surface area contributed by atoms with Crippen LogP contribution in [0.2, 0.25) is 0 Å². The SMILES string of the molecule is C/C(=N/NC(=O)c1csc(-n2nc(C(F)(F)F)cc2-c2ccc3ccccc3c2)n1)c1ccccc1. The number of carbonyl (C=O) groups excluding carboxylic acids is 1. The molecule has 1 N–H and O–H groups in total. The Labute approximate surface area is 207 Å². The van der Waals surface area contributed by atoms with Gasteiger partial charge in [-0.15, -0.1) is 11.3 Å². The van der Waals surface area contributed by atoms with Crippen LogP contribution in [-0.2, 0) is 6.18 Å². The number of hydrogen-bond donors (Lipinski definition) is 1. The number of fused-ring (bicyclic) bond motifs is 1. The molecule has 5 rings (SSSR count). The third-order valence-corrected chi connectivity index (χ3v) is 6.28. The maximum atomic E-state index is 13.5. The lowest BCUT2D eigenvalue weighted by molar-refractivity contribution is -0.141. The maximum Gasteiger partial charge on any atom is 0.435 e. The number of aromatic nitrogens is 3. The van der Waals surface area contributed by atoms with Crippen LogP contribution in [-0.4, -0.2) is 26.4 Å². The van der Waals surface area contributed by atoms with E-state index in [0.717, 1.165) is 38.4 Å². The Morgan fingerprint density at radius 3 is 2.44 bits per heavy atom. The van der Waals surface area contributed by atoms with Crippen molar-refractivity contribution in [3.8, 4) is 16.4 Å². The van der Waals surface area contributed by atoms with Crippen molar-refractivity contribution in [2.45, 2.75) is 13.1 Å². The fraction of sp³-hybridized carbons (Fsp3) is 0.0769. The van der Waals surface area contributed by atoms with Crippen LogP contribution in [0, 0.1) is 0 Å². The predicted octanol–water partition coefficient (Wildman–Crippen LogP) is 6.32. The van der Waals surface area contributed by atoms with E-state index in [4.69, 9.17) is 0 Å². The third-order valence-electron chi connectivity index (χ3n) is 5.47. The first-order valence-electron chi connectivity index (χ1n) is 10.8. The van der Waals surface area contributed by atoms with Gasteiger partial charge in [-0.3, -0.25) is 4.79 Å². The van der Waals surface area contributed by atoms with E-state index in [2.05, 4.69) is 20.6 Å². The molecule has 3 aromatic carbocycles. The molecule has 6 nitrogen and oxygen atoms in total. The maximum absolute atomic E-state index is 13.5. The second kappa shape index (κ2) is 9.38. The van der Waals surface area contributed by atoms with Gasteiger partial charge >= 0.3 is 6.18 Å². The molecule has 0 spiro atoms. The molecule has 0 bridgehead atoms. The molecule has 0 aliphatic heterocycles. The van der Waals surface area contributed by atoms with E-state index >= 15 is 0 Å². The molecular formula is C26H18F3N5OS. The van der Waals surface area contributed by atoms with Crippen molar-refractivity contribution >= 4 is 33.7 Å². The molecule has 1 amide bonds. The van der Waals surface area contributed by atoms with E-state index in [0.29, 0.717) is 11.3 Å². The average Bonchev–Trinajstić information content (AvgIpc) is 3.55. The Morgan fingerprint density at radius 1 is 0.972 bits per heavy atom. The Bertz CT molecular complexity index is 1590. The quantitative estimate of drug-likeness (QED) is 0.224. The van der Waals surface area contributed by atoms with Crippen LogP contribution in [0.4, 0.5) is 13.2 Å². The first-order chi connectivity index (χ1) is 17.3. The van der Waals surface area contributed by atoms with Gasteiger partial charge in [-0.05, 0) is 35.4 Å². The van der Waals surface area contributed by atoms with Gasteiger partial charge in [0.05, 0.1) is 11.4 Å². The van der Waals surface area contributed by atoms with Crippen molar-refractivity contribution in [1.29, 1.82) is 0 Å². The summed E-state index contributed by atoms with van der Waals surface area (Å²) in [5, 5.41) is 11.3. The highest BCUT2D eigenvalue weighted by Crippen LogP contribution is 2.34. The summed E-state index contributed by atoms with van der Waals surface area (Å²) < 4.78 is 41.7. The summed E-state index contributed by atoms with van der Waals surface area (Å²) in [5.74, 6) is -0.580. The molecule has 0 saturated heterocycles. The minimum atomic E-state index is -4.64. The van der Waals surface area contributed by atoms with Crippen LogP contribution >= 0.6 is 11.3 Å². The number of hydrazone groups is 1. The molecule has 5 aromatic rings. The van der Waals surface area contributed by atoms with Crippen LogP contribution in [0.1, 0.15) is 28.7 Å². The second-order valence-corrected chi connectivity index (χ2v) is 8.74. The van der Waals surface area contributed by atoms with Crippen LogP contribution in [0.3, 0.4) is 0 Å². The topological polar surface area (TPSA) is 72.2 Å². The van der Waals surface area contributed by atoms with Gasteiger partial charge in [-0.2, -0.15) is 23.4 Å². The van der Waals surface area contributed by atoms with Gasteiger partial charge in [0.1, 0.15) is 5.69 Å². The van der Waals surface area contributed by atoms with Crippen molar-refractivity contribution in [2.75, 3.05) is 0 Å². The Hall–Kier alpha value is -4.31. The number of halogens is 3. The van der Waals surface area contributed by atoms with Gasteiger partial charge in [-0.1, -0.05) is 66.7 Å². The van der Waals surface area contributed by atoms with E-state index in [9.17, 15) is 18.0 Å². The van der Waals surface area contributed by atoms with Gasteiger partial charge in [0, 0.05) is 10.9 Å². The molecule has 0 aliphatic carbocycles. The highest BCUT2D eigenvalue weighted by molar-refractivity contribution is 7.12. The normalized spacial score (nSPS) is 12.2. The Kier molecular flexibility index (Phi) is 6.11. The summed E-state index contributed by atoms with van der Waals surface area (Å²) in [5.41, 5.74) is 3.61. The molecule has 2 heterocycles. The first kappa shape index (κ1) is 23.4. The van der Waals surface area contributed by atoms with E-state index in [-0.39, 0.29) is 16.5 Å². The van der Waals surface area contributed by atoms with Crippen molar-refractivity contribution < 1.29 is 18.0 Å². The number of benzene rings is 3. The lowest BCUT2D eigenvalue weighted by Gasteiger charge is -2.06. The standard InChI is InChI=1S/C26H18F3N5OS/c1-16(17-7-3-2-4-8-17)31-32-24(35)21-15-36-25(30-21)34-22(14-23(33-34)26(27,28)29)20-12-11-18-9-5-6-10-19(18)13-20/h2-15H,1H3,(H,32,35)/b31-16-. The van der Waals surface area contributed by atoms with E-state index in [1.807, 2.05) is 60.7 Å². The summed E-state index contributed by atoms with van der Waals surface area (Å²) in [6.45, 7) is 1.75. The summed E-state index contributed by atoms with van der Waals surface area (Å²) in [6, 6.07) is 23.2. The summed E-state index contributed by atoms with van der Waals surface area (Å²) in [7, 11) is 0. The number of rotatable bonds is 5. The fourth-order valence-electron chi connectivity index (χ4n) is 3.62. The molecule has 0 fully saturated rings. The first-order valence-corrected chi connectivity index (χ1v) is 11.7. The molecular weight excluding hydrogens is 487 g/mol. The monoisotopic (exact) mass is 505 g/mol. The van der Waals surface area contributed by atoms with Crippen LogP contribution in [0.15, 0.2) is 89.3 Å². The zero-order valence-corrected chi connectivity index (χ0v) is 19.6. The number of hydrogen-bond acceptors (Lipinski definition) is 5. The highest BCUT2D eigenvalue weighted by Gasteiger charge is 2.35. The average molecular weight is 506 g/mol. The molecule has 0 radical (unpaired) electrons. The molecule has 36 heavy (non-hydrogen) atoms. The zero-order valence-electron chi connectivity index (χ0n) is 18.8. The Balaban J connectivity index is 1.48. The lowest BCUT2D eigenvalue weighted by atomic mass is 10.0. The second-order valence-electron chi connectivity index (χ2n) is 7.91. The number of thiazole rings is 1. The van der Waals surface area contributed by atoms with E-state index in [1.165, 1.54) is 5.38 Å². The number of nitrogens with one attached hydrogen (secondary N) is 1. The van der Waals surface area contributed by atoms with E-state index in [1.54, 1.807) is 19.1 Å². The molecule has 0 atom stereocenters. The molecule has 180 valence electrons. The molecule has 2 aromatic heterocycles. The van der Waals surface area contributed by atoms with Crippen molar-refractivity contribution in [1.82, 2.24) is 20.2 Å². The number of nitrogens with zero attached hydrogens (tertiary/aromatic N) is 4. The number of alkyl halides is 3. The van der Waals surface area contributed by atoms with Gasteiger partial charge in [0.15, 0.2) is 5.69 Å². The van der Waals surface area contributed by atoms with Crippen LogP contribution < -0.4 is 5.43 Å². The highest BCUT2D eigenvalue weighted by atomic mass is 32.1. The lowest BCUT2D eigenvalue weighted by Crippen LogP contribution is -2.19. The van der Waals surface area contributed by atoms with E-state index < -0.39 is 17.8 Å². The van der Waals surface area contributed by atoms with Crippen LogP contribution in [0.5, 0.6) is 0 Å². The van der Waals surface area contributed by atoms with Gasteiger partial charge in [0.2, 0.25) is 5.13 Å². The minimum Gasteiger partial charge on any atom is -0.266 e. The number of amides is 1. The largest absolute Gasteiger partial charge is 0.435 e. The predicted molar refractivity (Wildman–Crippen MR) is 133 cm³/mol. The minimum absolute atomic E-state index is 0.0214. The molecule has 10 heteroatoms. The fourth-order valence-corrected chi connectivity index (χ4v) is 4.39. The Morgan fingerprint density at radius 2 is 1.69 bits per heavy atom. The summed E-state index contributed by atoms with van der Waals surface area (Å²) >= 11 is 1.01. The van der Waals surface area contributed by atoms with Gasteiger partial charge in [0.25, 0.3) is 5.91 Å². The molecule has 0 unspecified atom stereocenters. The van der Waals surface area contributed by atoms with Gasteiger partial charge in [-0.25, -0.2) is 15.1 Å².